The molecule has 0 unspecified atom stereocenters. The lowest BCUT2D eigenvalue weighted by Crippen LogP contribution is -2.13. The Labute approximate surface area is 95.2 Å². The summed E-state index contributed by atoms with van der Waals surface area (Å²) >= 11 is 0. The second-order valence-electron chi connectivity index (χ2n) is 4.65. The predicted molar refractivity (Wildman–Crippen MR) is 65.2 cm³/mol. The SMILES string of the molecule is Cn1nc2c(CN)cccc2c1C1CCC1. The molecule has 1 aliphatic carbocycles. The Hall–Kier alpha value is -1.35. The van der Waals surface area contributed by atoms with Gasteiger partial charge in [-0.2, -0.15) is 5.10 Å². The van der Waals surface area contributed by atoms with Gasteiger partial charge in [-0.25, -0.2) is 0 Å². The van der Waals surface area contributed by atoms with Crippen LogP contribution in [-0.4, -0.2) is 9.78 Å². The number of nitrogens with zero attached hydrogens (tertiary/aromatic N) is 2. The molecule has 1 aromatic carbocycles. The summed E-state index contributed by atoms with van der Waals surface area (Å²) in [6, 6.07) is 6.34. The standard InChI is InChI=1S/C13H17N3/c1-16-13(9-4-2-5-9)11-7-3-6-10(8-14)12(11)15-16/h3,6-7,9H,2,4-5,8,14H2,1H3. The molecule has 0 spiro atoms. The van der Waals surface area contributed by atoms with Crippen molar-refractivity contribution in [1.82, 2.24) is 9.78 Å². The molecule has 0 aliphatic heterocycles. The smallest absolute Gasteiger partial charge is 0.0971 e. The molecular weight excluding hydrogens is 198 g/mol. The molecule has 0 bridgehead atoms. The Kier molecular flexibility index (Phi) is 2.21. The first-order chi connectivity index (χ1) is 7.81. The van der Waals surface area contributed by atoms with Gasteiger partial charge in [0.25, 0.3) is 0 Å². The third-order valence-corrected chi connectivity index (χ3v) is 3.71. The number of benzene rings is 1. The van der Waals surface area contributed by atoms with Gasteiger partial charge in [0.1, 0.15) is 0 Å². The lowest BCUT2D eigenvalue weighted by Gasteiger charge is -2.25. The summed E-state index contributed by atoms with van der Waals surface area (Å²) in [5.41, 5.74) is 9.39. The molecule has 1 heterocycles. The third-order valence-electron chi connectivity index (χ3n) is 3.71. The average Bonchev–Trinajstić information content (AvgIpc) is 2.54. The van der Waals surface area contributed by atoms with Crippen LogP contribution in [0.1, 0.15) is 36.4 Å². The highest BCUT2D eigenvalue weighted by Crippen LogP contribution is 2.39. The van der Waals surface area contributed by atoms with Crippen LogP contribution in [0.2, 0.25) is 0 Å². The van der Waals surface area contributed by atoms with Crippen molar-refractivity contribution in [3.05, 3.63) is 29.5 Å². The second kappa shape index (κ2) is 3.59. The molecule has 2 N–H and O–H groups in total. The van der Waals surface area contributed by atoms with Crippen molar-refractivity contribution < 1.29 is 0 Å². The summed E-state index contributed by atoms with van der Waals surface area (Å²) in [5, 5.41) is 5.92. The van der Waals surface area contributed by atoms with E-state index in [0.29, 0.717) is 12.5 Å². The van der Waals surface area contributed by atoms with Crippen LogP contribution in [0, 0.1) is 0 Å². The number of rotatable bonds is 2. The Balaban J connectivity index is 2.24. The molecule has 3 rings (SSSR count). The molecule has 1 saturated carbocycles. The van der Waals surface area contributed by atoms with Gasteiger partial charge >= 0.3 is 0 Å². The minimum atomic E-state index is 0.568. The van der Waals surface area contributed by atoms with Crippen molar-refractivity contribution in [1.29, 1.82) is 0 Å². The van der Waals surface area contributed by atoms with Gasteiger partial charge in [-0.05, 0) is 18.4 Å². The molecule has 1 fully saturated rings. The van der Waals surface area contributed by atoms with Gasteiger partial charge in [0.05, 0.1) is 5.52 Å². The third kappa shape index (κ3) is 1.28. The molecule has 3 nitrogen and oxygen atoms in total. The minimum Gasteiger partial charge on any atom is -0.326 e. The number of nitrogens with two attached hydrogens (primary N) is 1. The molecule has 1 aliphatic rings. The van der Waals surface area contributed by atoms with E-state index < -0.39 is 0 Å². The number of fused-ring (bicyclic) bond motifs is 1. The van der Waals surface area contributed by atoms with Crippen molar-refractivity contribution in [3.63, 3.8) is 0 Å². The van der Waals surface area contributed by atoms with E-state index in [1.165, 1.54) is 30.3 Å². The fourth-order valence-electron chi connectivity index (χ4n) is 2.62. The first-order valence-corrected chi connectivity index (χ1v) is 5.96. The summed E-state index contributed by atoms with van der Waals surface area (Å²) in [6.07, 6.45) is 3.97. The minimum absolute atomic E-state index is 0.568. The largest absolute Gasteiger partial charge is 0.326 e. The van der Waals surface area contributed by atoms with E-state index in [0.717, 1.165) is 11.1 Å². The molecule has 2 aromatic rings. The zero-order valence-electron chi connectivity index (χ0n) is 9.61. The van der Waals surface area contributed by atoms with Gasteiger partial charge in [0.2, 0.25) is 0 Å². The summed E-state index contributed by atoms with van der Waals surface area (Å²) < 4.78 is 2.05. The van der Waals surface area contributed by atoms with Crippen molar-refractivity contribution in [2.24, 2.45) is 12.8 Å². The molecule has 0 atom stereocenters. The van der Waals surface area contributed by atoms with Gasteiger partial charge in [-0.15, -0.1) is 0 Å². The molecule has 1 aromatic heterocycles. The lowest BCUT2D eigenvalue weighted by atomic mass is 9.81. The maximum atomic E-state index is 5.75. The lowest BCUT2D eigenvalue weighted by molar-refractivity contribution is 0.399. The maximum Gasteiger partial charge on any atom is 0.0971 e. The van der Waals surface area contributed by atoms with E-state index in [1.54, 1.807) is 0 Å². The molecular formula is C13H17N3. The van der Waals surface area contributed by atoms with E-state index in [2.05, 4.69) is 23.3 Å². The fraction of sp³-hybridized carbons (Fsp3) is 0.462. The van der Waals surface area contributed by atoms with Crippen molar-refractivity contribution in [3.8, 4) is 0 Å². The van der Waals surface area contributed by atoms with Crippen LogP contribution in [0.4, 0.5) is 0 Å². The summed E-state index contributed by atoms with van der Waals surface area (Å²) in [5.74, 6) is 0.711. The first kappa shape index (κ1) is 9.85. The van der Waals surface area contributed by atoms with Crippen LogP contribution in [0.5, 0.6) is 0 Å². The van der Waals surface area contributed by atoms with Crippen LogP contribution >= 0.6 is 0 Å². The van der Waals surface area contributed by atoms with Crippen LogP contribution in [0.3, 0.4) is 0 Å². The molecule has 16 heavy (non-hydrogen) atoms. The van der Waals surface area contributed by atoms with Crippen LogP contribution in [0.15, 0.2) is 18.2 Å². The molecule has 84 valence electrons. The van der Waals surface area contributed by atoms with Crippen LogP contribution in [0.25, 0.3) is 10.9 Å². The van der Waals surface area contributed by atoms with E-state index in [-0.39, 0.29) is 0 Å². The molecule has 0 saturated heterocycles. The summed E-state index contributed by atoms with van der Waals surface area (Å²) in [7, 11) is 2.05. The van der Waals surface area contributed by atoms with Gasteiger partial charge < -0.3 is 5.73 Å². The predicted octanol–water partition coefficient (Wildman–Crippen LogP) is 2.30. The molecule has 0 radical (unpaired) electrons. The Morgan fingerprint density at radius 3 is 2.88 bits per heavy atom. The monoisotopic (exact) mass is 215 g/mol. The number of aryl methyl sites for hydroxylation is 1. The maximum absolute atomic E-state index is 5.75. The van der Waals surface area contributed by atoms with Crippen molar-refractivity contribution >= 4 is 10.9 Å². The quantitative estimate of drug-likeness (QED) is 0.835. The molecule has 0 amide bonds. The average molecular weight is 215 g/mol. The van der Waals surface area contributed by atoms with E-state index in [1.807, 2.05) is 11.7 Å². The van der Waals surface area contributed by atoms with Gasteiger partial charge in [-0.1, -0.05) is 24.6 Å². The van der Waals surface area contributed by atoms with E-state index in [9.17, 15) is 0 Å². The van der Waals surface area contributed by atoms with E-state index in [4.69, 9.17) is 5.73 Å². The highest BCUT2D eigenvalue weighted by Gasteiger charge is 2.25. The zero-order valence-corrected chi connectivity index (χ0v) is 9.61. The Bertz CT molecular complexity index is 523. The Morgan fingerprint density at radius 1 is 1.44 bits per heavy atom. The van der Waals surface area contributed by atoms with E-state index >= 15 is 0 Å². The normalized spacial score (nSPS) is 16.6. The first-order valence-electron chi connectivity index (χ1n) is 5.96. The topological polar surface area (TPSA) is 43.8 Å². The summed E-state index contributed by atoms with van der Waals surface area (Å²) in [6.45, 7) is 0.568. The summed E-state index contributed by atoms with van der Waals surface area (Å²) in [4.78, 5) is 0. The van der Waals surface area contributed by atoms with Gasteiger partial charge in [-0.3, -0.25) is 4.68 Å². The van der Waals surface area contributed by atoms with Crippen molar-refractivity contribution in [2.45, 2.75) is 31.7 Å². The van der Waals surface area contributed by atoms with Crippen LogP contribution in [-0.2, 0) is 13.6 Å². The zero-order chi connectivity index (χ0) is 11.1. The highest BCUT2D eigenvalue weighted by molar-refractivity contribution is 5.85. The van der Waals surface area contributed by atoms with Gasteiger partial charge in [0, 0.05) is 30.6 Å². The molecule has 3 heteroatoms. The van der Waals surface area contributed by atoms with Crippen molar-refractivity contribution in [2.75, 3.05) is 0 Å². The fourth-order valence-corrected chi connectivity index (χ4v) is 2.62. The van der Waals surface area contributed by atoms with Crippen LogP contribution < -0.4 is 5.73 Å². The van der Waals surface area contributed by atoms with Gasteiger partial charge in [0.15, 0.2) is 0 Å². The Morgan fingerprint density at radius 2 is 2.25 bits per heavy atom. The number of aromatic nitrogens is 2. The highest BCUT2D eigenvalue weighted by atomic mass is 15.3. The number of hydrogen-bond donors (Lipinski definition) is 1. The number of hydrogen-bond acceptors (Lipinski definition) is 2. The second-order valence-corrected chi connectivity index (χ2v) is 4.65.